The van der Waals surface area contributed by atoms with Gasteiger partial charge in [-0.25, -0.2) is 0 Å². The molecule has 1 aliphatic rings. The van der Waals surface area contributed by atoms with Crippen LogP contribution >= 0.6 is 22.6 Å². The van der Waals surface area contributed by atoms with E-state index in [2.05, 4.69) is 62.1 Å². The van der Waals surface area contributed by atoms with E-state index >= 15 is 0 Å². The van der Waals surface area contributed by atoms with Crippen LogP contribution in [0.3, 0.4) is 0 Å². The lowest BCUT2D eigenvalue weighted by atomic mass is 10.3. The highest BCUT2D eigenvalue weighted by Gasteiger charge is 2.11. The Morgan fingerprint density at radius 3 is 2.64 bits per heavy atom. The van der Waals surface area contributed by atoms with E-state index in [0.717, 1.165) is 24.7 Å². The molecule has 0 radical (unpaired) electrons. The van der Waals surface area contributed by atoms with Crippen LogP contribution in [0.2, 0.25) is 0 Å². The molecule has 0 spiro atoms. The summed E-state index contributed by atoms with van der Waals surface area (Å²) >= 11 is 2.30. The van der Waals surface area contributed by atoms with Crippen LogP contribution < -0.4 is 5.32 Å². The third-order valence-corrected chi connectivity index (χ3v) is 2.88. The van der Waals surface area contributed by atoms with Crippen molar-refractivity contribution in [3.8, 4) is 0 Å². The fraction of sp³-hybridized carbons (Fsp3) is 0.300. The largest absolute Gasteiger partial charge is 0.344 e. The highest BCUT2D eigenvalue weighted by atomic mass is 127. The summed E-state index contributed by atoms with van der Waals surface area (Å²) in [5.74, 6) is 0.964. The second-order valence-electron chi connectivity index (χ2n) is 3.26. The quantitative estimate of drug-likeness (QED) is 0.804. The van der Waals surface area contributed by atoms with E-state index in [1.165, 1.54) is 3.57 Å². The molecule has 1 aromatic carbocycles. The standard InChI is InChI=1S/C10H12IN3/c1-14-7-6-12-10(14)13-9-4-2-8(11)3-5-9/h2-5H,6-7H2,1H3,(H,12,13). The molecule has 1 N–H and O–H groups in total. The van der Waals surface area contributed by atoms with Crippen molar-refractivity contribution in [2.75, 3.05) is 25.5 Å². The van der Waals surface area contributed by atoms with Crippen molar-refractivity contribution in [1.82, 2.24) is 4.90 Å². The van der Waals surface area contributed by atoms with Crippen LogP contribution in [0.25, 0.3) is 0 Å². The van der Waals surface area contributed by atoms with E-state index in [1.807, 2.05) is 7.05 Å². The van der Waals surface area contributed by atoms with Gasteiger partial charge in [-0.05, 0) is 46.9 Å². The zero-order chi connectivity index (χ0) is 9.97. The molecule has 0 fully saturated rings. The van der Waals surface area contributed by atoms with E-state index in [1.54, 1.807) is 0 Å². The minimum absolute atomic E-state index is 0.892. The van der Waals surface area contributed by atoms with Crippen molar-refractivity contribution in [2.45, 2.75) is 0 Å². The van der Waals surface area contributed by atoms with Crippen LogP contribution in [0.1, 0.15) is 0 Å². The predicted octanol–water partition coefficient (Wildman–Crippen LogP) is 2.00. The van der Waals surface area contributed by atoms with Crippen LogP contribution in [-0.4, -0.2) is 31.0 Å². The van der Waals surface area contributed by atoms with Crippen LogP contribution in [-0.2, 0) is 0 Å². The topological polar surface area (TPSA) is 27.6 Å². The summed E-state index contributed by atoms with van der Waals surface area (Å²) in [7, 11) is 2.05. The second kappa shape index (κ2) is 4.16. The molecule has 1 heterocycles. The Morgan fingerprint density at radius 1 is 1.36 bits per heavy atom. The monoisotopic (exact) mass is 301 g/mol. The summed E-state index contributed by atoms with van der Waals surface area (Å²) < 4.78 is 1.25. The first-order chi connectivity index (χ1) is 6.75. The van der Waals surface area contributed by atoms with Gasteiger partial charge in [-0.3, -0.25) is 4.99 Å². The van der Waals surface area contributed by atoms with E-state index < -0.39 is 0 Å². The Bertz CT molecular complexity index is 345. The molecule has 0 saturated carbocycles. The van der Waals surface area contributed by atoms with Gasteiger partial charge in [0.2, 0.25) is 0 Å². The number of hydrogen-bond donors (Lipinski definition) is 1. The number of anilines is 1. The molecular weight excluding hydrogens is 289 g/mol. The molecule has 0 saturated heterocycles. The molecule has 0 amide bonds. The lowest BCUT2D eigenvalue weighted by Gasteiger charge is -2.15. The average molecular weight is 301 g/mol. The van der Waals surface area contributed by atoms with Crippen LogP contribution in [0, 0.1) is 3.57 Å². The Labute approximate surface area is 97.4 Å². The SMILES string of the molecule is CN1CCN=C1Nc1ccc(I)cc1. The second-order valence-corrected chi connectivity index (χ2v) is 4.50. The van der Waals surface area contributed by atoms with Crippen molar-refractivity contribution in [2.24, 2.45) is 4.99 Å². The first kappa shape index (κ1) is 9.76. The molecule has 0 atom stereocenters. The van der Waals surface area contributed by atoms with Gasteiger partial charge in [-0.15, -0.1) is 0 Å². The minimum atomic E-state index is 0.892. The third-order valence-electron chi connectivity index (χ3n) is 2.16. The third kappa shape index (κ3) is 2.17. The van der Waals surface area contributed by atoms with Gasteiger partial charge in [0.05, 0.1) is 6.54 Å². The van der Waals surface area contributed by atoms with Gasteiger partial charge in [0.1, 0.15) is 0 Å². The number of rotatable bonds is 1. The summed E-state index contributed by atoms with van der Waals surface area (Å²) in [6.07, 6.45) is 0. The Morgan fingerprint density at radius 2 is 2.07 bits per heavy atom. The lowest BCUT2D eigenvalue weighted by molar-refractivity contribution is 0.555. The Kier molecular flexibility index (Phi) is 2.90. The van der Waals surface area contributed by atoms with Gasteiger partial charge in [0.25, 0.3) is 0 Å². The highest BCUT2D eigenvalue weighted by molar-refractivity contribution is 14.1. The molecule has 3 nitrogen and oxygen atoms in total. The van der Waals surface area contributed by atoms with Gasteiger partial charge in [0, 0.05) is 22.8 Å². The van der Waals surface area contributed by atoms with Crippen LogP contribution in [0.4, 0.5) is 5.69 Å². The number of guanidine groups is 1. The van der Waals surface area contributed by atoms with E-state index in [9.17, 15) is 0 Å². The number of nitrogens with zero attached hydrogens (tertiary/aromatic N) is 2. The lowest BCUT2D eigenvalue weighted by Crippen LogP contribution is -2.28. The average Bonchev–Trinajstić information content (AvgIpc) is 2.56. The number of benzene rings is 1. The summed E-state index contributed by atoms with van der Waals surface area (Å²) in [5, 5.41) is 3.29. The summed E-state index contributed by atoms with van der Waals surface area (Å²) in [5.41, 5.74) is 1.10. The van der Waals surface area contributed by atoms with Crippen LogP contribution in [0.15, 0.2) is 29.3 Å². The van der Waals surface area contributed by atoms with E-state index in [0.29, 0.717) is 0 Å². The van der Waals surface area contributed by atoms with Crippen molar-refractivity contribution in [3.63, 3.8) is 0 Å². The molecule has 0 unspecified atom stereocenters. The first-order valence-electron chi connectivity index (χ1n) is 4.54. The molecular formula is C10H12IN3. The van der Waals surface area contributed by atoms with Crippen molar-refractivity contribution in [3.05, 3.63) is 27.8 Å². The molecule has 74 valence electrons. The zero-order valence-electron chi connectivity index (χ0n) is 8.00. The molecule has 0 aromatic heterocycles. The smallest absolute Gasteiger partial charge is 0.198 e. The summed E-state index contributed by atoms with van der Waals surface area (Å²) in [6.45, 7) is 1.90. The number of aliphatic imine (C=N–C) groups is 1. The van der Waals surface area contributed by atoms with Gasteiger partial charge in [0.15, 0.2) is 5.96 Å². The first-order valence-corrected chi connectivity index (χ1v) is 5.62. The van der Waals surface area contributed by atoms with Crippen LogP contribution in [0.5, 0.6) is 0 Å². The maximum atomic E-state index is 4.36. The van der Waals surface area contributed by atoms with Gasteiger partial charge >= 0.3 is 0 Å². The number of halogens is 1. The highest BCUT2D eigenvalue weighted by Crippen LogP contribution is 2.12. The number of nitrogens with one attached hydrogen (secondary N) is 1. The van der Waals surface area contributed by atoms with Gasteiger partial charge < -0.3 is 10.2 Å². The van der Waals surface area contributed by atoms with Gasteiger partial charge in [-0.1, -0.05) is 0 Å². The fourth-order valence-electron chi connectivity index (χ4n) is 1.33. The molecule has 0 aliphatic carbocycles. The maximum absolute atomic E-state index is 4.36. The van der Waals surface area contributed by atoms with Crippen molar-refractivity contribution in [1.29, 1.82) is 0 Å². The molecule has 14 heavy (non-hydrogen) atoms. The number of likely N-dealkylation sites (N-methyl/N-ethyl adjacent to an activating group) is 1. The normalized spacial score (nSPS) is 15.6. The molecule has 0 bridgehead atoms. The van der Waals surface area contributed by atoms with Crippen molar-refractivity contribution >= 4 is 34.2 Å². The molecule has 1 aromatic rings. The molecule has 2 rings (SSSR count). The number of hydrogen-bond acceptors (Lipinski definition) is 3. The van der Waals surface area contributed by atoms with E-state index in [4.69, 9.17) is 0 Å². The predicted molar refractivity (Wildman–Crippen MR) is 67.7 cm³/mol. The Balaban J connectivity index is 2.07. The summed E-state index contributed by atoms with van der Waals surface area (Å²) in [4.78, 5) is 6.49. The summed E-state index contributed by atoms with van der Waals surface area (Å²) in [6, 6.07) is 8.30. The minimum Gasteiger partial charge on any atom is -0.344 e. The maximum Gasteiger partial charge on any atom is 0.198 e. The van der Waals surface area contributed by atoms with Gasteiger partial charge in [-0.2, -0.15) is 0 Å². The van der Waals surface area contributed by atoms with E-state index in [-0.39, 0.29) is 0 Å². The molecule has 1 aliphatic heterocycles. The fourth-order valence-corrected chi connectivity index (χ4v) is 1.69. The Hall–Kier alpha value is -0.780. The van der Waals surface area contributed by atoms with Crippen molar-refractivity contribution < 1.29 is 0 Å². The molecule has 4 heteroatoms. The zero-order valence-corrected chi connectivity index (χ0v) is 10.2.